The van der Waals surface area contributed by atoms with Crippen LogP contribution in [0.25, 0.3) is 11.4 Å². The minimum Gasteiger partial charge on any atom is -0.352 e. The lowest BCUT2D eigenvalue weighted by Crippen LogP contribution is -2.33. The van der Waals surface area contributed by atoms with E-state index < -0.39 is 0 Å². The molecule has 5 nitrogen and oxygen atoms in total. The highest BCUT2D eigenvalue weighted by Crippen LogP contribution is 2.37. The maximum absolute atomic E-state index is 12.7. The fraction of sp³-hybridized carbons (Fsp3) is 0.423. The molecule has 2 atom stereocenters. The number of amides is 1. The van der Waals surface area contributed by atoms with Crippen molar-refractivity contribution in [1.29, 1.82) is 0 Å². The number of aromatic nitrogens is 2. The van der Waals surface area contributed by atoms with E-state index in [1.807, 2.05) is 24.3 Å². The van der Waals surface area contributed by atoms with Crippen molar-refractivity contribution in [3.8, 4) is 11.4 Å². The molecule has 2 aromatic carbocycles. The fourth-order valence-electron chi connectivity index (χ4n) is 4.49. The van der Waals surface area contributed by atoms with Crippen molar-refractivity contribution in [2.45, 2.75) is 57.8 Å². The zero-order chi connectivity index (χ0) is 21.5. The molecule has 0 aliphatic heterocycles. The van der Waals surface area contributed by atoms with Gasteiger partial charge in [-0.2, -0.15) is 4.98 Å². The molecule has 4 rings (SSSR count). The molecule has 0 bridgehead atoms. The third kappa shape index (κ3) is 5.40. The van der Waals surface area contributed by atoms with Crippen LogP contribution in [-0.2, 0) is 6.42 Å². The summed E-state index contributed by atoms with van der Waals surface area (Å²) < 4.78 is 5.31. The van der Waals surface area contributed by atoms with Crippen LogP contribution in [0.4, 0.5) is 0 Å². The van der Waals surface area contributed by atoms with Crippen LogP contribution in [-0.4, -0.2) is 22.6 Å². The third-order valence-electron chi connectivity index (χ3n) is 6.28. The number of carbonyl (C=O) groups is 1. The summed E-state index contributed by atoms with van der Waals surface area (Å²) in [6.45, 7) is 2.85. The van der Waals surface area contributed by atoms with Crippen LogP contribution in [0.1, 0.15) is 73.2 Å². The van der Waals surface area contributed by atoms with Gasteiger partial charge in [0.2, 0.25) is 11.7 Å². The minimum absolute atomic E-state index is 0.0271. The molecule has 1 aromatic heterocycles. The highest BCUT2D eigenvalue weighted by atomic mass is 16.5. The van der Waals surface area contributed by atoms with Crippen LogP contribution in [0.15, 0.2) is 59.1 Å². The van der Waals surface area contributed by atoms with E-state index in [0.29, 0.717) is 35.7 Å². The second kappa shape index (κ2) is 10.4. The molecule has 0 spiro atoms. The maximum atomic E-state index is 12.7. The summed E-state index contributed by atoms with van der Waals surface area (Å²) in [5, 5.41) is 7.23. The molecule has 2 unspecified atom stereocenters. The van der Waals surface area contributed by atoms with Crippen molar-refractivity contribution in [2.24, 2.45) is 5.92 Å². The quantitative estimate of drug-likeness (QED) is 0.504. The van der Waals surface area contributed by atoms with Crippen molar-refractivity contribution >= 4 is 5.91 Å². The number of aryl methyl sites for hydroxylation is 1. The number of unbranched alkanes of at least 4 members (excludes halogenated alkanes) is 1. The van der Waals surface area contributed by atoms with Gasteiger partial charge in [0, 0.05) is 24.1 Å². The Hall–Kier alpha value is -2.95. The zero-order valence-electron chi connectivity index (χ0n) is 18.2. The van der Waals surface area contributed by atoms with E-state index in [-0.39, 0.29) is 5.91 Å². The van der Waals surface area contributed by atoms with E-state index >= 15 is 0 Å². The molecule has 1 saturated carbocycles. The number of hydrogen-bond acceptors (Lipinski definition) is 4. The second-order valence-electron chi connectivity index (χ2n) is 8.46. The Labute approximate surface area is 184 Å². The Morgan fingerprint density at radius 2 is 1.84 bits per heavy atom. The lowest BCUT2D eigenvalue weighted by atomic mass is 9.75. The normalized spacial score (nSPS) is 18.6. The van der Waals surface area contributed by atoms with Gasteiger partial charge in [-0.1, -0.05) is 73.8 Å². The molecule has 0 radical (unpaired) electrons. The van der Waals surface area contributed by atoms with E-state index in [9.17, 15) is 4.79 Å². The summed E-state index contributed by atoms with van der Waals surface area (Å²) in [5.41, 5.74) is 2.91. The number of carbonyl (C=O) groups excluding carboxylic acids is 1. The van der Waals surface area contributed by atoms with Gasteiger partial charge in [0.25, 0.3) is 5.91 Å². The topological polar surface area (TPSA) is 68.0 Å². The Kier molecular flexibility index (Phi) is 7.13. The van der Waals surface area contributed by atoms with Crippen molar-refractivity contribution in [1.82, 2.24) is 15.5 Å². The van der Waals surface area contributed by atoms with Gasteiger partial charge < -0.3 is 9.84 Å². The molecule has 31 heavy (non-hydrogen) atoms. The molecule has 1 fully saturated rings. The first-order valence-corrected chi connectivity index (χ1v) is 11.5. The average molecular weight is 418 g/mol. The molecular formula is C26H31N3O2. The number of nitrogens with one attached hydrogen (secondary N) is 1. The lowest BCUT2D eigenvalue weighted by Gasteiger charge is -2.32. The number of benzene rings is 2. The lowest BCUT2D eigenvalue weighted by molar-refractivity contribution is 0.0941. The Morgan fingerprint density at radius 3 is 2.61 bits per heavy atom. The van der Waals surface area contributed by atoms with Crippen LogP contribution in [0, 0.1) is 5.92 Å². The van der Waals surface area contributed by atoms with Gasteiger partial charge >= 0.3 is 0 Å². The van der Waals surface area contributed by atoms with Gasteiger partial charge in [-0.05, 0) is 48.8 Å². The molecule has 1 aliphatic rings. The highest BCUT2D eigenvalue weighted by molar-refractivity contribution is 5.94. The maximum Gasteiger partial charge on any atom is 0.251 e. The number of nitrogens with zero attached hydrogens (tertiary/aromatic N) is 2. The monoisotopic (exact) mass is 417 g/mol. The van der Waals surface area contributed by atoms with Gasteiger partial charge in [-0.15, -0.1) is 0 Å². The molecule has 1 N–H and O–H groups in total. The summed E-state index contributed by atoms with van der Waals surface area (Å²) in [6, 6.07) is 18.2. The predicted octanol–water partition coefficient (Wildman–Crippen LogP) is 5.78. The second-order valence-corrected chi connectivity index (χ2v) is 8.46. The van der Waals surface area contributed by atoms with E-state index in [1.54, 1.807) is 0 Å². The molecule has 3 aromatic rings. The predicted molar refractivity (Wildman–Crippen MR) is 122 cm³/mol. The number of hydrogen-bond donors (Lipinski definition) is 1. The summed E-state index contributed by atoms with van der Waals surface area (Å²) >= 11 is 0. The van der Waals surface area contributed by atoms with Crippen LogP contribution in [0.5, 0.6) is 0 Å². The highest BCUT2D eigenvalue weighted by Gasteiger charge is 2.26. The zero-order valence-corrected chi connectivity index (χ0v) is 18.2. The Morgan fingerprint density at radius 1 is 1.06 bits per heavy atom. The van der Waals surface area contributed by atoms with Gasteiger partial charge in [-0.3, -0.25) is 4.79 Å². The standard InChI is InChI=1S/C26H31N3O2/c1-2-3-13-24-28-25(29-31-24)20-14-16-21(17-15-20)26(30)27-18-22-11-7-8-12-23(22)19-9-5-4-6-10-19/h4-6,9-10,14-17,22-23H,2-3,7-8,11-13,18H2,1H3,(H,27,30). The van der Waals surface area contributed by atoms with Crippen molar-refractivity contribution < 1.29 is 9.32 Å². The molecule has 0 saturated heterocycles. The van der Waals surface area contributed by atoms with E-state index in [4.69, 9.17) is 4.52 Å². The molecule has 5 heteroatoms. The summed E-state index contributed by atoms with van der Waals surface area (Å²) in [5.74, 6) is 2.23. The van der Waals surface area contributed by atoms with E-state index in [2.05, 4.69) is 52.7 Å². The van der Waals surface area contributed by atoms with Crippen LogP contribution in [0.3, 0.4) is 0 Å². The van der Waals surface area contributed by atoms with Gasteiger partial charge in [-0.25, -0.2) is 0 Å². The Balaban J connectivity index is 1.35. The first-order chi connectivity index (χ1) is 15.2. The molecule has 1 amide bonds. The molecule has 162 valence electrons. The van der Waals surface area contributed by atoms with E-state index in [0.717, 1.165) is 31.2 Å². The van der Waals surface area contributed by atoms with Crippen LogP contribution in [0.2, 0.25) is 0 Å². The number of rotatable bonds is 8. The minimum atomic E-state index is -0.0271. The molecular weight excluding hydrogens is 386 g/mol. The third-order valence-corrected chi connectivity index (χ3v) is 6.28. The van der Waals surface area contributed by atoms with Crippen LogP contribution < -0.4 is 5.32 Å². The molecule has 1 heterocycles. The molecule has 1 aliphatic carbocycles. The van der Waals surface area contributed by atoms with Crippen molar-refractivity contribution in [3.05, 3.63) is 71.6 Å². The fourth-order valence-corrected chi connectivity index (χ4v) is 4.49. The summed E-state index contributed by atoms with van der Waals surface area (Å²) in [4.78, 5) is 17.2. The largest absolute Gasteiger partial charge is 0.352 e. The Bertz CT molecular complexity index is 966. The first-order valence-electron chi connectivity index (χ1n) is 11.5. The van der Waals surface area contributed by atoms with Gasteiger partial charge in [0.1, 0.15) is 0 Å². The average Bonchev–Trinajstić information content (AvgIpc) is 3.31. The smallest absolute Gasteiger partial charge is 0.251 e. The SMILES string of the molecule is CCCCc1nc(-c2ccc(C(=O)NCC3CCCCC3c3ccccc3)cc2)no1. The van der Waals surface area contributed by atoms with Crippen molar-refractivity contribution in [3.63, 3.8) is 0 Å². The summed E-state index contributed by atoms with van der Waals surface area (Å²) in [7, 11) is 0. The van der Waals surface area contributed by atoms with Crippen LogP contribution >= 0.6 is 0 Å². The van der Waals surface area contributed by atoms with E-state index in [1.165, 1.54) is 24.8 Å². The van der Waals surface area contributed by atoms with Gasteiger partial charge in [0.15, 0.2) is 0 Å². The first kappa shape index (κ1) is 21.3. The van der Waals surface area contributed by atoms with Gasteiger partial charge in [0.05, 0.1) is 0 Å². The van der Waals surface area contributed by atoms with Crippen molar-refractivity contribution in [2.75, 3.05) is 6.54 Å². The summed E-state index contributed by atoms with van der Waals surface area (Å²) in [6.07, 6.45) is 7.79.